The molecule has 5 nitrogen and oxygen atoms in total. The monoisotopic (exact) mass is 490 g/mol. The summed E-state index contributed by atoms with van der Waals surface area (Å²) in [6.07, 6.45) is 5.59. The molecule has 6 heteroatoms. The van der Waals surface area contributed by atoms with E-state index < -0.39 is 12.0 Å². The minimum absolute atomic E-state index is 0.0380. The first-order chi connectivity index (χ1) is 17.4. The highest BCUT2D eigenvalue weighted by Crippen LogP contribution is 2.39. The second-order valence-electron chi connectivity index (χ2n) is 10.6. The van der Waals surface area contributed by atoms with Gasteiger partial charge in [0.25, 0.3) is 0 Å². The van der Waals surface area contributed by atoms with Crippen LogP contribution < -0.4 is 0 Å². The minimum Gasteiger partial charge on any atom is -0.480 e. The van der Waals surface area contributed by atoms with E-state index in [1.165, 1.54) is 12.1 Å². The summed E-state index contributed by atoms with van der Waals surface area (Å²) in [5.41, 5.74) is 3.92. The maximum absolute atomic E-state index is 14.3. The smallest absolute Gasteiger partial charge is 0.326 e. The lowest BCUT2D eigenvalue weighted by Gasteiger charge is -2.37. The first kappa shape index (κ1) is 24.5. The van der Waals surface area contributed by atoms with Crippen molar-refractivity contribution in [2.75, 3.05) is 6.54 Å². The number of carbonyl (C=O) groups is 2. The molecule has 1 amide bonds. The lowest BCUT2D eigenvalue weighted by molar-refractivity contribution is -0.141. The van der Waals surface area contributed by atoms with Gasteiger partial charge in [-0.2, -0.15) is 0 Å². The number of rotatable bonds is 9. The molecule has 1 saturated carbocycles. The molecule has 2 aliphatic carbocycles. The molecule has 1 N–H and O–H groups in total. The van der Waals surface area contributed by atoms with E-state index in [-0.39, 0.29) is 23.7 Å². The summed E-state index contributed by atoms with van der Waals surface area (Å²) in [7, 11) is 0. The van der Waals surface area contributed by atoms with Crippen molar-refractivity contribution in [1.29, 1.82) is 0 Å². The number of carboxylic acid groups (broad SMARTS) is 1. The zero-order valence-corrected chi connectivity index (χ0v) is 21.1. The largest absolute Gasteiger partial charge is 0.480 e. The van der Waals surface area contributed by atoms with Gasteiger partial charge in [-0.1, -0.05) is 44.2 Å². The summed E-state index contributed by atoms with van der Waals surface area (Å²) in [5.74, 6) is -0.567. The molecular formula is C30H35FN2O3. The Bertz CT molecular complexity index is 1260. The molecular weight excluding hydrogens is 455 g/mol. The van der Waals surface area contributed by atoms with E-state index >= 15 is 0 Å². The Hall–Kier alpha value is -3.15. The topological polar surface area (TPSA) is 62.5 Å². The number of nitrogens with zero attached hydrogens (tertiary/aromatic N) is 2. The van der Waals surface area contributed by atoms with E-state index in [9.17, 15) is 19.1 Å². The molecule has 0 spiro atoms. The molecule has 3 unspecified atom stereocenters. The van der Waals surface area contributed by atoms with Gasteiger partial charge in [0.1, 0.15) is 11.9 Å². The van der Waals surface area contributed by atoms with Crippen molar-refractivity contribution in [3.8, 4) is 0 Å². The van der Waals surface area contributed by atoms with Crippen molar-refractivity contribution < 1.29 is 19.1 Å². The molecule has 190 valence electrons. The van der Waals surface area contributed by atoms with Crippen LogP contribution in [-0.2, 0) is 28.9 Å². The lowest BCUT2D eigenvalue weighted by Crippen LogP contribution is -2.47. The molecule has 0 radical (unpaired) electrons. The summed E-state index contributed by atoms with van der Waals surface area (Å²) < 4.78 is 16.3. The highest BCUT2D eigenvalue weighted by atomic mass is 19.1. The number of hydrogen-bond donors (Lipinski definition) is 1. The minimum atomic E-state index is -0.871. The van der Waals surface area contributed by atoms with Gasteiger partial charge in [0.15, 0.2) is 0 Å². The molecule has 1 aromatic heterocycles. The lowest BCUT2D eigenvalue weighted by atomic mass is 9.88. The number of aliphatic carboxylic acids is 1. The molecule has 1 heterocycles. The van der Waals surface area contributed by atoms with Gasteiger partial charge >= 0.3 is 5.97 Å². The number of benzene rings is 2. The summed E-state index contributed by atoms with van der Waals surface area (Å²) in [4.78, 5) is 28.0. The van der Waals surface area contributed by atoms with Gasteiger partial charge in [-0.25, -0.2) is 9.18 Å². The standard InChI is InChI=1S/C30H35FN2O3/c1-3-26(30(35)36)33-27-13-11-22(31)16-24(27)25-17-23(12-14-28(25)33)32(18-21-9-10-21)29(34)19(2)15-20-7-5-4-6-8-20/h4-8,11,13,16,19,21,23,26H,3,9-10,12,14-15,17-18H2,1-2H3,(H,35,36). The Balaban J connectivity index is 1.47. The fourth-order valence-corrected chi connectivity index (χ4v) is 5.97. The Morgan fingerprint density at radius 3 is 2.56 bits per heavy atom. The molecule has 1 fully saturated rings. The van der Waals surface area contributed by atoms with Crippen molar-refractivity contribution in [2.24, 2.45) is 11.8 Å². The number of carbonyl (C=O) groups excluding carboxylic acids is 1. The van der Waals surface area contributed by atoms with Crippen LogP contribution in [0.5, 0.6) is 0 Å². The van der Waals surface area contributed by atoms with Crippen molar-refractivity contribution in [3.05, 3.63) is 71.2 Å². The van der Waals surface area contributed by atoms with Crippen LogP contribution in [0.4, 0.5) is 4.39 Å². The van der Waals surface area contributed by atoms with Gasteiger partial charge in [0, 0.05) is 35.1 Å². The predicted octanol–water partition coefficient (Wildman–Crippen LogP) is 5.79. The van der Waals surface area contributed by atoms with Crippen LogP contribution in [-0.4, -0.2) is 39.0 Å². The van der Waals surface area contributed by atoms with Gasteiger partial charge in [-0.05, 0) is 80.2 Å². The van der Waals surface area contributed by atoms with E-state index in [1.54, 1.807) is 6.07 Å². The average Bonchev–Trinajstić information content (AvgIpc) is 3.65. The maximum atomic E-state index is 14.3. The van der Waals surface area contributed by atoms with Crippen molar-refractivity contribution in [3.63, 3.8) is 0 Å². The van der Waals surface area contributed by atoms with Crippen LogP contribution in [0, 0.1) is 17.7 Å². The third-order valence-electron chi connectivity index (χ3n) is 8.00. The Morgan fingerprint density at radius 1 is 1.14 bits per heavy atom. The molecule has 5 rings (SSSR count). The average molecular weight is 491 g/mol. The van der Waals surface area contributed by atoms with E-state index in [1.807, 2.05) is 36.6 Å². The number of fused-ring (bicyclic) bond motifs is 3. The zero-order chi connectivity index (χ0) is 25.4. The number of carboxylic acids is 1. The normalized spacial score (nSPS) is 19.0. The van der Waals surface area contributed by atoms with E-state index in [0.717, 1.165) is 53.5 Å². The predicted molar refractivity (Wildman–Crippen MR) is 138 cm³/mol. The van der Waals surface area contributed by atoms with Crippen LogP contribution in [0.25, 0.3) is 10.9 Å². The number of hydrogen-bond acceptors (Lipinski definition) is 2. The van der Waals surface area contributed by atoms with Crippen molar-refractivity contribution in [1.82, 2.24) is 9.47 Å². The third kappa shape index (κ3) is 4.78. The molecule has 36 heavy (non-hydrogen) atoms. The maximum Gasteiger partial charge on any atom is 0.326 e. The molecule has 0 aliphatic heterocycles. The van der Waals surface area contributed by atoms with Crippen LogP contribution in [0.15, 0.2) is 48.5 Å². The molecule has 2 aromatic carbocycles. The Morgan fingerprint density at radius 2 is 1.89 bits per heavy atom. The first-order valence-electron chi connectivity index (χ1n) is 13.3. The third-order valence-corrected chi connectivity index (χ3v) is 8.00. The van der Waals surface area contributed by atoms with Crippen molar-refractivity contribution in [2.45, 2.75) is 70.9 Å². The van der Waals surface area contributed by atoms with E-state index in [2.05, 4.69) is 17.0 Å². The van der Waals surface area contributed by atoms with Crippen LogP contribution in [0.1, 0.15) is 62.4 Å². The molecule has 3 atom stereocenters. The Labute approximate surface area is 211 Å². The zero-order valence-electron chi connectivity index (χ0n) is 21.1. The second kappa shape index (κ2) is 10.1. The van der Waals surface area contributed by atoms with Gasteiger partial charge in [-0.3, -0.25) is 4.79 Å². The molecule has 2 aliphatic rings. The summed E-state index contributed by atoms with van der Waals surface area (Å²) in [6, 6.07) is 14.1. The van der Waals surface area contributed by atoms with Gasteiger partial charge in [0.2, 0.25) is 5.91 Å². The van der Waals surface area contributed by atoms with Gasteiger partial charge in [-0.15, -0.1) is 0 Å². The first-order valence-corrected chi connectivity index (χ1v) is 13.3. The fourth-order valence-electron chi connectivity index (χ4n) is 5.97. The molecule has 0 saturated heterocycles. The van der Waals surface area contributed by atoms with Crippen molar-refractivity contribution >= 4 is 22.8 Å². The van der Waals surface area contributed by atoms with Crippen LogP contribution in [0.3, 0.4) is 0 Å². The SMILES string of the molecule is CCC(C(=O)O)n1c2c(c3cc(F)ccc31)CC(N(CC1CC1)C(=O)C(C)Cc1ccccc1)CC2. The Kier molecular flexibility index (Phi) is 6.87. The van der Waals surface area contributed by atoms with E-state index in [0.29, 0.717) is 31.6 Å². The van der Waals surface area contributed by atoms with Gasteiger partial charge in [0.05, 0.1) is 0 Å². The van der Waals surface area contributed by atoms with Crippen LogP contribution >= 0.6 is 0 Å². The highest BCUT2D eigenvalue weighted by Gasteiger charge is 2.37. The fraction of sp³-hybridized carbons (Fsp3) is 0.467. The molecule has 0 bridgehead atoms. The van der Waals surface area contributed by atoms with E-state index in [4.69, 9.17) is 0 Å². The summed E-state index contributed by atoms with van der Waals surface area (Å²) in [5, 5.41) is 10.7. The number of aromatic nitrogens is 1. The summed E-state index contributed by atoms with van der Waals surface area (Å²) >= 11 is 0. The number of halogens is 1. The van der Waals surface area contributed by atoms with Crippen LogP contribution in [0.2, 0.25) is 0 Å². The quantitative estimate of drug-likeness (QED) is 0.413. The number of amides is 1. The van der Waals surface area contributed by atoms with Gasteiger partial charge < -0.3 is 14.6 Å². The summed E-state index contributed by atoms with van der Waals surface area (Å²) in [6.45, 7) is 4.66. The molecule has 3 aromatic rings. The highest BCUT2D eigenvalue weighted by molar-refractivity contribution is 5.88. The second-order valence-corrected chi connectivity index (χ2v) is 10.6.